The molecule has 5 rings (SSSR count). The standard InChI is InChI=1S/C22H21N3O2S/c1-15-5-4-6-16(13-15)25-21-17-7-2-3-8-19(17)28-14-18(21)20(23-25)22(26)24-9-11-27-12-10-24/h2-8,13H,9-12,14H2,1H3. The first-order valence-electron chi connectivity index (χ1n) is 9.50. The van der Waals surface area contributed by atoms with E-state index in [1.807, 2.05) is 27.8 Å². The Bertz CT molecular complexity index is 1050. The molecular weight excluding hydrogens is 370 g/mol. The Kier molecular flexibility index (Phi) is 4.45. The van der Waals surface area contributed by atoms with Crippen LogP contribution < -0.4 is 0 Å². The van der Waals surface area contributed by atoms with Gasteiger partial charge in [-0.25, -0.2) is 4.68 Å². The van der Waals surface area contributed by atoms with Crippen molar-refractivity contribution in [2.24, 2.45) is 0 Å². The molecule has 142 valence electrons. The van der Waals surface area contributed by atoms with E-state index in [1.165, 1.54) is 10.5 Å². The molecule has 28 heavy (non-hydrogen) atoms. The summed E-state index contributed by atoms with van der Waals surface area (Å²) in [6.45, 7) is 4.49. The molecule has 2 aliphatic heterocycles. The smallest absolute Gasteiger partial charge is 0.274 e. The highest BCUT2D eigenvalue weighted by Crippen LogP contribution is 2.43. The monoisotopic (exact) mass is 391 g/mol. The summed E-state index contributed by atoms with van der Waals surface area (Å²) in [4.78, 5) is 16.4. The van der Waals surface area contributed by atoms with Gasteiger partial charge in [0.1, 0.15) is 0 Å². The number of hydrogen-bond donors (Lipinski definition) is 0. The van der Waals surface area contributed by atoms with Crippen LogP contribution >= 0.6 is 11.8 Å². The molecule has 0 radical (unpaired) electrons. The topological polar surface area (TPSA) is 47.4 Å². The second-order valence-corrected chi connectivity index (χ2v) is 8.13. The molecule has 6 heteroatoms. The van der Waals surface area contributed by atoms with Gasteiger partial charge in [0.2, 0.25) is 0 Å². The summed E-state index contributed by atoms with van der Waals surface area (Å²) in [7, 11) is 0. The number of aromatic nitrogens is 2. The van der Waals surface area contributed by atoms with Crippen molar-refractivity contribution >= 4 is 17.7 Å². The van der Waals surface area contributed by atoms with Gasteiger partial charge in [-0.05, 0) is 30.7 Å². The second kappa shape index (κ2) is 7.11. The molecule has 2 aliphatic rings. The van der Waals surface area contributed by atoms with Crippen LogP contribution in [0.25, 0.3) is 16.9 Å². The molecule has 3 aromatic rings. The zero-order valence-corrected chi connectivity index (χ0v) is 16.5. The number of morpholine rings is 1. The van der Waals surface area contributed by atoms with Crippen molar-refractivity contribution in [3.05, 3.63) is 65.4 Å². The third kappa shape index (κ3) is 2.93. The summed E-state index contributed by atoms with van der Waals surface area (Å²) in [6.07, 6.45) is 0. The van der Waals surface area contributed by atoms with Crippen molar-refractivity contribution in [2.45, 2.75) is 17.6 Å². The zero-order valence-electron chi connectivity index (χ0n) is 15.7. The number of aryl methyl sites for hydroxylation is 1. The van der Waals surface area contributed by atoms with E-state index in [0.29, 0.717) is 32.0 Å². The second-order valence-electron chi connectivity index (χ2n) is 7.12. The summed E-state index contributed by atoms with van der Waals surface area (Å²) in [6, 6.07) is 16.6. The van der Waals surface area contributed by atoms with Gasteiger partial charge in [0.15, 0.2) is 5.69 Å². The number of amides is 1. The first-order valence-corrected chi connectivity index (χ1v) is 10.5. The fourth-order valence-corrected chi connectivity index (χ4v) is 4.90. The summed E-state index contributed by atoms with van der Waals surface area (Å²) < 4.78 is 7.36. The van der Waals surface area contributed by atoms with Gasteiger partial charge in [-0.3, -0.25) is 4.79 Å². The molecule has 1 amide bonds. The van der Waals surface area contributed by atoms with Crippen LogP contribution in [0.5, 0.6) is 0 Å². The summed E-state index contributed by atoms with van der Waals surface area (Å²) in [5.74, 6) is 0.759. The Labute approximate surface area is 168 Å². The van der Waals surface area contributed by atoms with Gasteiger partial charge in [-0.1, -0.05) is 30.3 Å². The maximum Gasteiger partial charge on any atom is 0.274 e. The van der Waals surface area contributed by atoms with Crippen LogP contribution in [0.4, 0.5) is 0 Å². The Hall–Kier alpha value is -2.57. The molecule has 0 atom stereocenters. The maximum atomic E-state index is 13.3. The van der Waals surface area contributed by atoms with Crippen molar-refractivity contribution in [2.75, 3.05) is 26.3 Å². The normalized spacial score (nSPS) is 15.8. The van der Waals surface area contributed by atoms with E-state index < -0.39 is 0 Å². The molecule has 1 fully saturated rings. The van der Waals surface area contributed by atoms with Gasteiger partial charge in [0.05, 0.1) is 24.6 Å². The molecule has 5 nitrogen and oxygen atoms in total. The average Bonchev–Trinajstić information content (AvgIpc) is 3.14. The third-order valence-electron chi connectivity index (χ3n) is 5.24. The van der Waals surface area contributed by atoms with E-state index in [2.05, 4.69) is 37.3 Å². The van der Waals surface area contributed by atoms with Gasteiger partial charge in [0, 0.05) is 34.9 Å². The SMILES string of the molecule is Cc1cccc(-n2nc(C(=O)N3CCOCC3)c3c2-c2ccccc2SC3)c1. The molecule has 0 N–H and O–H groups in total. The summed E-state index contributed by atoms with van der Waals surface area (Å²) in [5, 5.41) is 4.85. The predicted octanol–water partition coefficient (Wildman–Crippen LogP) is 3.93. The highest BCUT2D eigenvalue weighted by Gasteiger charge is 2.31. The molecule has 0 bridgehead atoms. The first-order chi connectivity index (χ1) is 13.7. The lowest BCUT2D eigenvalue weighted by Crippen LogP contribution is -2.41. The van der Waals surface area contributed by atoms with Crippen molar-refractivity contribution in [1.29, 1.82) is 0 Å². The fourth-order valence-electron chi connectivity index (χ4n) is 3.84. The van der Waals surface area contributed by atoms with Crippen molar-refractivity contribution < 1.29 is 9.53 Å². The van der Waals surface area contributed by atoms with Crippen LogP contribution in [0.3, 0.4) is 0 Å². The number of ether oxygens (including phenoxy) is 1. The number of carbonyl (C=O) groups is 1. The molecule has 0 saturated carbocycles. The highest BCUT2D eigenvalue weighted by molar-refractivity contribution is 7.98. The van der Waals surface area contributed by atoms with Gasteiger partial charge in [-0.2, -0.15) is 5.10 Å². The lowest BCUT2D eigenvalue weighted by Gasteiger charge is -2.26. The summed E-state index contributed by atoms with van der Waals surface area (Å²) >= 11 is 1.77. The zero-order chi connectivity index (χ0) is 19.1. The number of thioether (sulfide) groups is 1. The first kappa shape index (κ1) is 17.5. The van der Waals surface area contributed by atoms with Crippen LogP contribution in [0.15, 0.2) is 53.4 Å². The molecule has 3 heterocycles. The molecule has 2 aromatic carbocycles. The van der Waals surface area contributed by atoms with Crippen LogP contribution in [0.2, 0.25) is 0 Å². The third-order valence-corrected chi connectivity index (χ3v) is 6.34. The number of fused-ring (bicyclic) bond motifs is 3. The Morgan fingerprint density at radius 3 is 2.75 bits per heavy atom. The summed E-state index contributed by atoms with van der Waals surface area (Å²) in [5.41, 5.74) is 5.93. The van der Waals surface area contributed by atoms with Crippen LogP contribution in [-0.4, -0.2) is 46.9 Å². The average molecular weight is 391 g/mol. The van der Waals surface area contributed by atoms with Crippen molar-refractivity contribution in [3.8, 4) is 16.9 Å². The molecule has 0 aliphatic carbocycles. The van der Waals surface area contributed by atoms with E-state index in [0.717, 1.165) is 28.3 Å². The van der Waals surface area contributed by atoms with Crippen molar-refractivity contribution in [3.63, 3.8) is 0 Å². The lowest BCUT2D eigenvalue weighted by molar-refractivity contribution is 0.0298. The Morgan fingerprint density at radius 2 is 1.93 bits per heavy atom. The van der Waals surface area contributed by atoms with Gasteiger partial charge < -0.3 is 9.64 Å². The van der Waals surface area contributed by atoms with Crippen LogP contribution in [-0.2, 0) is 10.5 Å². The Balaban J connectivity index is 1.69. The molecule has 1 saturated heterocycles. The van der Waals surface area contributed by atoms with Crippen molar-refractivity contribution in [1.82, 2.24) is 14.7 Å². The number of hydrogen-bond acceptors (Lipinski definition) is 4. The minimum absolute atomic E-state index is 0.00549. The molecular formula is C22H21N3O2S. The maximum absolute atomic E-state index is 13.3. The fraction of sp³-hybridized carbons (Fsp3) is 0.273. The lowest BCUT2D eigenvalue weighted by atomic mass is 10.0. The van der Waals surface area contributed by atoms with E-state index in [9.17, 15) is 4.79 Å². The van der Waals surface area contributed by atoms with E-state index in [1.54, 1.807) is 11.8 Å². The van der Waals surface area contributed by atoms with Gasteiger partial charge in [-0.15, -0.1) is 11.8 Å². The highest BCUT2D eigenvalue weighted by atomic mass is 32.2. The Morgan fingerprint density at radius 1 is 1.11 bits per heavy atom. The molecule has 0 unspecified atom stereocenters. The van der Waals surface area contributed by atoms with E-state index in [4.69, 9.17) is 9.84 Å². The molecule has 0 spiro atoms. The number of benzene rings is 2. The van der Waals surface area contributed by atoms with Crippen LogP contribution in [0, 0.1) is 6.92 Å². The van der Waals surface area contributed by atoms with E-state index in [-0.39, 0.29) is 5.91 Å². The van der Waals surface area contributed by atoms with Gasteiger partial charge in [0.25, 0.3) is 5.91 Å². The minimum Gasteiger partial charge on any atom is -0.378 e. The quantitative estimate of drug-likeness (QED) is 0.664. The number of rotatable bonds is 2. The van der Waals surface area contributed by atoms with E-state index >= 15 is 0 Å². The molecule has 1 aromatic heterocycles. The van der Waals surface area contributed by atoms with Crippen LogP contribution in [0.1, 0.15) is 21.6 Å². The largest absolute Gasteiger partial charge is 0.378 e. The number of carbonyl (C=O) groups excluding carboxylic acids is 1. The minimum atomic E-state index is 0.00549. The number of nitrogens with zero attached hydrogens (tertiary/aromatic N) is 3. The predicted molar refractivity (Wildman–Crippen MR) is 110 cm³/mol. The van der Waals surface area contributed by atoms with Gasteiger partial charge >= 0.3 is 0 Å².